The van der Waals surface area contributed by atoms with E-state index >= 15 is 0 Å². The summed E-state index contributed by atoms with van der Waals surface area (Å²) < 4.78 is 23.6. The van der Waals surface area contributed by atoms with Crippen molar-refractivity contribution in [3.8, 4) is 5.75 Å². The maximum Gasteiger partial charge on any atom is 0.326 e. The van der Waals surface area contributed by atoms with E-state index in [-0.39, 0.29) is 37.8 Å². The molecule has 2 aromatic carbocycles. The Kier molecular flexibility index (Phi) is 6.43. The van der Waals surface area contributed by atoms with Crippen LogP contribution in [0.15, 0.2) is 48.5 Å². The van der Waals surface area contributed by atoms with Gasteiger partial charge in [-0.3, -0.25) is 19.3 Å². The number of para-hydroxylation sites is 2. The highest BCUT2D eigenvalue weighted by molar-refractivity contribution is 5.99. The topological polar surface area (TPSA) is 84.9 Å². The standard InChI is InChI=1S/C21H21FN2O5/c1-14(21(27)23-12-15-6-8-16(22)9-7-15)29-20(26)13-24-17-4-2-3-5-18(17)28-11-10-19(24)25/h2-9,14H,10-13H2,1H3,(H,23,27)/t14-/m1/s1. The molecule has 152 valence electrons. The molecule has 2 amide bonds. The van der Waals surface area contributed by atoms with Gasteiger partial charge in [0.1, 0.15) is 18.1 Å². The third kappa shape index (κ3) is 5.31. The van der Waals surface area contributed by atoms with Gasteiger partial charge < -0.3 is 14.8 Å². The first kappa shape index (κ1) is 20.3. The predicted molar refractivity (Wildman–Crippen MR) is 103 cm³/mol. The maximum absolute atomic E-state index is 12.9. The molecule has 0 fully saturated rings. The van der Waals surface area contributed by atoms with Gasteiger partial charge in [0.05, 0.1) is 18.7 Å². The molecule has 1 atom stereocenters. The van der Waals surface area contributed by atoms with E-state index in [0.717, 1.165) is 0 Å². The van der Waals surface area contributed by atoms with E-state index in [0.29, 0.717) is 17.0 Å². The van der Waals surface area contributed by atoms with Crippen LogP contribution in [0.5, 0.6) is 5.75 Å². The zero-order chi connectivity index (χ0) is 20.8. The number of nitrogens with one attached hydrogen (secondary N) is 1. The van der Waals surface area contributed by atoms with Crippen LogP contribution < -0.4 is 15.0 Å². The zero-order valence-electron chi connectivity index (χ0n) is 15.9. The van der Waals surface area contributed by atoms with Gasteiger partial charge in [-0.05, 0) is 36.8 Å². The molecule has 0 aromatic heterocycles. The summed E-state index contributed by atoms with van der Waals surface area (Å²) in [5.41, 5.74) is 1.20. The molecule has 1 aliphatic rings. The lowest BCUT2D eigenvalue weighted by Crippen LogP contribution is -2.40. The molecule has 0 unspecified atom stereocenters. The van der Waals surface area contributed by atoms with Crippen LogP contribution >= 0.6 is 0 Å². The zero-order valence-corrected chi connectivity index (χ0v) is 15.9. The molecule has 1 heterocycles. The number of anilines is 1. The lowest BCUT2D eigenvalue weighted by Gasteiger charge is -2.22. The Morgan fingerprint density at radius 3 is 2.69 bits per heavy atom. The first-order chi connectivity index (χ1) is 13.9. The molecule has 1 N–H and O–H groups in total. The number of ether oxygens (including phenoxy) is 2. The second kappa shape index (κ2) is 9.18. The molecule has 0 aliphatic carbocycles. The number of hydrogen-bond acceptors (Lipinski definition) is 5. The van der Waals surface area contributed by atoms with E-state index in [1.807, 2.05) is 0 Å². The number of carbonyl (C=O) groups is 3. The van der Waals surface area contributed by atoms with Crippen LogP contribution in [0.1, 0.15) is 18.9 Å². The predicted octanol–water partition coefficient (Wildman–Crippen LogP) is 2.19. The number of hydrogen-bond donors (Lipinski definition) is 1. The largest absolute Gasteiger partial charge is 0.491 e. The molecule has 0 bridgehead atoms. The summed E-state index contributed by atoms with van der Waals surface area (Å²) in [6, 6.07) is 12.6. The molecule has 3 rings (SSSR count). The fraction of sp³-hybridized carbons (Fsp3) is 0.286. The lowest BCUT2D eigenvalue weighted by molar-refractivity contribution is -0.153. The van der Waals surface area contributed by atoms with E-state index in [1.165, 1.54) is 24.0 Å². The van der Waals surface area contributed by atoms with E-state index in [2.05, 4.69) is 5.32 Å². The van der Waals surface area contributed by atoms with Crippen molar-refractivity contribution in [2.45, 2.75) is 26.0 Å². The fourth-order valence-corrected chi connectivity index (χ4v) is 2.85. The third-order valence-electron chi connectivity index (χ3n) is 4.38. The van der Waals surface area contributed by atoms with Crippen molar-refractivity contribution in [3.05, 3.63) is 59.9 Å². The van der Waals surface area contributed by atoms with Crippen molar-refractivity contribution < 1.29 is 28.2 Å². The van der Waals surface area contributed by atoms with Crippen LogP contribution in [0.4, 0.5) is 10.1 Å². The Balaban J connectivity index is 1.56. The van der Waals surface area contributed by atoms with Gasteiger partial charge in [0.2, 0.25) is 5.91 Å². The Morgan fingerprint density at radius 2 is 1.93 bits per heavy atom. The van der Waals surface area contributed by atoms with Gasteiger partial charge in [-0.15, -0.1) is 0 Å². The summed E-state index contributed by atoms with van der Waals surface area (Å²) in [5, 5.41) is 2.62. The minimum Gasteiger partial charge on any atom is -0.491 e. The Labute approximate surface area is 167 Å². The number of amides is 2. The first-order valence-corrected chi connectivity index (χ1v) is 9.18. The van der Waals surface area contributed by atoms with E-state index < -0.39 is 18.0 Å². The number of benzene rings is 2. The summed E-state index contributed by atoms with van der Waals surface area (Å²) in [7, 11) is 0. The van der Waals surface area contributed by atoms with Gasteiger partial charge in [-0.1, -0.05) is 24.3 Å². The second-order valence-electron chi connectivity index (χ2n) is 6.52. The molecule has 7 nitrogen and oxygen atoms in total. The molecular formula is C21H21FN2O5. The average molecular weight is 400 g/mol. The molecule has 0 radical (unpaired) electrons. The monoisotopic (exact) mass is 400 g/mol. The second-order valence-corrected chi connectivity index (χ2v) is 6.52. The van der Waals surface area contributed by atoms with Gasteiger partial charge >= 0.3 is 5.97 Å². The van der Waals surface area contributed by atoms with E-state index in [4.69, 9.17) is 9.47 Å². The quantitative estimate of drug-likeness (QED) is 0.752. The highest BCUT2D eigenvalue weighted by Gasteiger charge is 2.27. The van der Waals surface area contributed by atoms with Crippen molar-refractivity contribution >= 4 is 23.5 Å². The molecule has 0 saturated heterocycles. The van der Waals surface area contributed by atoms with Crippen LogP contribution in [0.3, 0.4) is 0 Å². The summed E-state index contributed by atoms with van der Waals surface area (Å²) in [6.07, 6.45) is -0.910. The Bertz CT molecular complexity index is 900. The van der Waals surface area contributed by atoms with Gasteiger partial charge in [0.25, 0.3) is 5.91 Å². The molecule has 0 spiro atoms. The maximum atomic E-state index is 12.9. The Morgan fingerprint density at radius 1 is 1.21 bits per heavy atom. The van der Waals surface area contributed by atoms with Crippen molar-refractivity contribution in [2.24, 2.45) is 0 Å². The van der Waals surface area contributed by atoms with Gasteiger partial charge in [-0.2, -0.15) is 0 Å². The van der Waals surface area contributed by atoms with E-state index in [1.54, 1.807) is 36.4 Å². The average Bonchev–Trinajstić information content (AvgIpc) is 2.86. The smallest absolute Gasteiger partial charge is 0.326 e. The number of carbonyl (C=O) groups excluding carboxylic acids is 3. The van der Waals surface area contributed by atoms with Gasteiger partial charge in [0.15, 0.2) is 6.10 Å². The Hall–Kier alpha value is -3.42. The number of nitrogens with zero attached hydrogens (tertiary/aromatic N) is 1. The minimum atomic E-state index is -1.04. The summed E-state index contributed by atoms with van der Waals surface area (Å²) >= 11 is 0. The van der Waals surface area contributed by atoms with Crippen LogP contribution in [0.25, 0.3) is 0 Å². The van der Waals surface area contributed by atoms with Crippen LogP contribution in [0.2, 0.25) is 0 Å². The van der Waals surface area contributed by atoms with Crippen molar-refractivity contribution in [1.29, 1.82) is 0 Å². The lowest BCUT2D eigenvalue weighted by atomic mass is 10.2. The molecule has 29 heavy (non-hydrogen) atoms. The van der Waals surface area contributed by atoms with Crippen molar-refractivity contribution in [3.63, 3.8) is 0 Å². The highest BCUT2D eigenvalue weighted by Crippen LogP contribution is 2.30. The fourth-order valence-electron chi connectivity index (χ4n) is 2.85. The van der Waals surface area contributed by atoms with Crippen molar-refractivity contribution in [1.82, 2.24) is 5.32 Å². The molecular weight excluding hydrogens is 379 g/mol. The molecule has 0 saturated carbocycles. The number of rotatable bonds is 6. The first-order valence-electron chi connectivity index (χ1n) is 9.18. The molecule has 8 heteroatoms. The SMILES string of the molecule is C[C@@H](OC(=O)CN1C(=O)CCOc2ccccc21)C(=O)NCc1ccc(F)cc1. The molecule has 1 aliphatic heterocycles. The number of halogens is 1. The van der Waals surface area contributed by atoms with Gasteiger partial charge in [-0.25, -0.2) is 4.39 Å². The number of esters is 1. The molecule has 2 aromatic rings. The van der Waals surface area contributed by atoms with E-state index in [9.17, 15) is 18.8 Å². The van der Waals surface area contributed by atoms with Crippen LogP contribution in [-0.4, -0.2) is 37.0 Å². The number of fused-ring (bicyclic) bond motifs is 1. The van der Waals surface area contributed by atoms with Crippen LogP contribution in [-0.2, 0) is 25.7 Å². The van der Waals surface area contributed by atoms with Crippen molar-refractivity contribution in [2.75, 3.05) is 18.1 Å². The minimum absolute atomic E-state index is 0.135. The summed E-state index contributed by atoms with van der Waals surface area (Å²) in [5.74, 6) is -1.32. The third-order valence-corrected chi connectivity index (χ3v) is 4.38. The van der Waals surface area contributed by atoms with Gasteiger partial charge in [0, 0.05) is 6.54 Å². The summed E-state index contributed by atoms with van der Waals surface area (Å²) in [6.45, 7) is 1.52. The van der Waals surface area contributed by atoms with Crippen LogP contribution in [0, 0.1) is 5.82 Å². The normalized spacial score (nSPS) is 14.3. The highest BCUT2D eigenvalue weighted by atomic mass is 19.1. The summed E-state index contributed by atoms with van der Waals surface area (Å²) in [4.78, 5) is 38.1.